The summed E-state index contributed by atoms with van der Waals surface area (Å²) in [7, 11) is 0. The van der Waals surface area contributed by atoms with Crippen LogP contribution in [-0.4, -0.2) is 17.4 Å². The standard InChI is InChI=1S/C10H11BrClNO4/c12-10(17-11(15)16)9(14)8(13)6-7-4-2-1-3-5-7/h1-5,8,10H,6,13H2/t8-,10?/m0/s1. The number of hydrogen-bond donors (Lipinski definition) is 1. The minimum Gasteiger partial charge on any atom is -0.372 e. The van der Waals surface area contributed by atoms with Gasteiger partial charge in [0.2, 0.25) is 5.78 Å². The van der Waals surface area contributed by atoms with Crippen LogP contribution >= 0.6 is 11.6 Å². The molecule has 0 amide bonds. The van der Waals surface area contributed by atoms with E-state index in [1.807, 2.05) is 30.3 Å². The number of halogens is 2. The van der Waals surface area contributed by atoms with Crippen LogP contribution in [0.25, 0.3) is 0 Å². The maximum atomic E-state index is 11.5. The number of carbonyl (C=O) groups excluding carboxylic acids is 1. The van der Waals surface area contributed by atoms with E-state index in [2.05, 4.69) is 3.83 Å². The summed E-state index contributed by atoms with van der Waals surface area (Å²) in [6.45, 7) is 0. The van der Waals surface area contributed by atoms with Crippen molar-refractivity contribution in [3.8, 4) is 0 Å². The van der Waals surface area contributed by atoms with E-state index < -0.39 is 32.2 Å². The van der Waals surface area contributed by atoms with Gasteiger partial charge in [-0.1, -0.05) is 41.9 Å². The minimum absolute atomic E-state index is 0.284. The van der Waals surface area contributed by atoms with Gasteiger partial charge in [-0.25, -0.2) is 0 Å². The second kappa shape index (κ2) is 7.05. The van der Waals surface area contributed by atoms with Crippen LogP contribution in [0.1, 0.15) is 5.56 Å². The maximum Gasteiger partial charge on any atom is 0.439 e. The highest BCUT2D eigenvalue weighted by molar-refractivity contribution is 6.30. The normalized spacial score (nSPS) is 14.6. The largest absolute Gasteiger partial charge is 0.439 e. The Hall–Kier alpha value is -0.500. The van der Waals surface area contributed by atoms with Crippen molar-refractivity contribution >= 4 is 17.4 Å². The molecule has 1 unspecified atom stereocenters. The lowest BCUT2D eigenvalue weighted by Gasteiger charge is -2.11. The van der Waals surface area contributed by atoms with Crippen molar-refractivity contribution in [2.45, 2.75) is 18.0 Å². The Balaban J connectivity index is 2.52. The molecule has 17 heavy (non-hydrogen) atoms. The summed E-state index contributed by atoms with van der Waals surface area (Å²) < 4.78 is 24.7. The zero-order chi connectivity index (χ0) is 12.8. The van der Waals surface area contributed by atoms with Gasteiger partial charge in [-0.15, -0.1) is 0 Å². The highest BCUT2D eigenvalue weighted by Gasteiger charge is 2.32. The van der Waals surface area contributed by atoms with Gasteiger partial charge in [-0.2, -0.15) is 0 Å². The molecule has 7 heteroatoms. The number of ketones is 1. The van der Waals surface area contributed by atoms with Gasteiger partial charge in [0.05, 0.1) is 6.04 Å². The monoisotopic (exact) mass is 323 g/mol. The minimum atomic E-state index is -3.51. The van der Waals surface area contributed by atoms with E-state index in [4.69, 9.17) is 17.3 Å². The molecule has 0 heterocycles. The topological polar surface area (TPSA) is 98.4 Å². The fourth-order valence-electron chi connectivity index (χ4n) is 1.24. The van der Waals surface area contributed by atoms with Gasteiger partial charge in [-0.3, -0.25) is 4.79 Å². The molecule has 1 aromatic carbocycles. The number of benzene rings is 1. The van der Waals surface area contributed by atoms with Gasteiger partial charge < -0.3 is 14.1 Å². The number of carbonyl (C=O) groups is 1. The molecule has 0 fully saturated rings. The fourth-order valence-corrected chi connectivity index (χ4v) is 2.14. The molecule has 0 spiro atoms. The SMILES string of the molecule is N[C@@H](Cc1ccccc1)C(=O)C(Cl)O[Br+2]([O-])[O-]. The second-order valence-corrected chi connectivity index (χ2v) is 4.86. The number of hydrogen-bond acceptors (Lipinski definition) is 5. The lowest BCUT2D eigenvalue weighted by molar-refractivity contribution is -1.63. The quantitative estimate of drug-likeness (QED) is 0.662. The van der Waals surface area contributed by atoms with Crippen molar-refractivity contribution in [1.82, 2.24) is 0 Å². The fraction of sp³-hybridized carbons (Fsp3) is 0.300. The van der Waals surface area contributed by atoms with Crippen molar-refractivity contribution in [3.63, 3.8) is 0 Å². The number of nitrogens with two attached hydrogens (primary N) is 1. The van der Waals surface area contributed by atoms with Gasteiger partial charge in [0.1, 0.15) is 0 Å². The molecular weight excluding hydrogens is 313 g/mol. The summed E-state index contributed by atoms with van der Waals surface area (Å²) in [5.74, 6) is -0.648. The van der Waals surface area contributed by atoms with Crippen LogP contribution in [0.5, 0.6) is 0 Å². The number of rotatable bonds is 6. The van der Waals surface area contributed by atoms with Crippen molar-refractivity contribution < 1.29 is 31.8 Å². The first kappa shape index (κ1) is 14.6. The molecule has 0 radical (unpaired) electrons. The number of alkyl halides is 1. The predicted molar refractivity (Wildman–Crippen MR) is 53.9 cm³/mol. The summed E-state index contributed by atoms with van der Waals surface area (Å²) in [5, 5.41) is 0. The van der Waals surface area contributed by atoms with Gasteiger partial charge >= 0.3 is 14.8 Å². The van der Waals surface area contributed by atoms with Crippen molar-refractivity contribution in [1.29, 1.82) is 0 Å². The van der Waals surface area contributed by atoms with Crippen LogP contribution < -0.4 is 14.1 Å². The van der Waals surface area contributed by atoms with Crippen LogP contribution in [0, 0.1) is 14.8 Å². The van der Waals surface area contributed by atoms with E-state index in [9.17, 15) is 13.2 Å². The van der Waals surface area contributed by atoms with E-state index in [1.54, 1.807) is 0 Å². The third kappa shape index (κ3) is 5.12. The molecule has 0 aliphatic rings. The molecule has 5 nitrogen and oxygen atoms in total. The Morgan fingerprint density at radius 1 is 1.41 bits per heavy atom. The van der Waals surface area contributed by atoms with E-state index >= 15 is 0 Å². The molecular formula is C10H11BrClNO4. The summed E-state index contributed by atoms with van der Waals surface area (Å²) >= 11 is 1.95. The molecule has 0 aromatic heterocycles. The second-order valence-electron chi connectivity index (χ2n) is 3.29. The van der Waals surface area contributed by atoms with Crippen LogP contribution in [-0.2, 0) is 15.0 Å². The van der Waals surface area contributed by atoms with Crippen LogP contribution in [0.3, 0.4) is 0 Å². The molecule has 1 aromatic rings. The first-order chi connectivity index (χ1) is 8.00. The Labute approximate surface area is 109 Å². The first-order valence-electron chi connectivity index (χ1n) is 4.70. The molecule has 0 aliphatic carbocycles. The van der Waals surface area contributed by atoms with Crippen LogP contribution in [0.2, 0.25) is 0 Å². The summed E-state index contributed by atoms with van der Waals surface area (Å²) in [6, 6.07) is 8.21. The van der Waals surface area contributed by atoms with Gasteiger partial charge in [0, 0.05) is 3.83 Å². The zero-order valence-corrected chi connectivity index (χ0v) is 11.1. The van der Waals surface area contributed by atoms with Gasteiger partial charge in [0.25, 0.3) is 5.56 Å². The molecule has 94 valence electrons. The summed E-state index contributed by atoms with van der Waals surface area (Å²) in [4.78, 5) is 11.5. The van der Waals surface area contributed by atoms with Gasteiger partial charge in [-0.05, 0) is 12.0 Å². The average molecular weight is 325 g/mol. The van der Waals surface area contributed by atoms with Gasteiger partial charge in [0.15, 0.2) is 0 Å². The molecule has 1 rings (SSSR count). The van der Waals surface area contributed by atoms with Crippen LogP contribution in [0.4, 0.5) is 0 Å². The third-order valence-electron chi connectivity index (χ3n) is 2.04. The first-order valence-corrected chi connectivity index (χ1v) is 7.08. The maximum absolute atomic E-state index is 11.5. The molecule has 0 saturated heterocycles. The Kier molecular flexibility index (Phi) is 6.04. The predicted octanol–water partition coefficient (Wildman–Crippen LogP) is -1.21. The van der Waals surface area contributed by atoms with Crippen molar-refractivity contribution in [2.24, 2.45) is 5.73 Å². The molecule has 0 saturated carbocycles. The van der Waals surface area contributed by atoms with Crippen molar-refractivity contribution in [2.75, 3.05) is 0 Å². The highest BCUT2D eigenvalue weighted by atomic mass is 80.0. The Bertz CT molecular complexity index is 363. The molecule has 2 atom stereocenters. The smallest absolute Gasteiger partial charge is 0.372 e. The number of Topliss-reactive ketones (excluding diaryl/α,β-unsaturated/α-hetero) is 1. The molecule has 0 bridgehead atoms. The van der Waals surface area contributed by atoms with E-state index in [0.717, 1.165) is 5.56 Å². The Morgan fingerprint density at radius 3 is 2.53 bits per heavy atom. The van der Waals surface area contributed by atoms with E-state index in [-0.39, 0.29) is 6.42 Å². The van der Waals surface area contributed by atoms with Crippen molar-refractivity contribution in [3.05, 3.63) is 35.9 Å². The van der Waals surface area contributed by atoms with E-state index in [0.29, 0.717) is 0 Å². The highest BCUT2D eigenvalue weighted by Crippen LogP contribution is 2.08. The lowest BCUT2D eigenvalue weighted by Crippen LogP contribution is -2.44. The Morgan fingerprint density at radius 2 is 2.00 bits per heavy atom. The summed E-state index contributed by atoms with van der Waals surface area (Å²) in [5.41, 5.74) is 4.94. The van der Waals surface area contributed by atoms with E-state index in [1.165, 1.54) is 0 Å². The van der Waals surface area contributed by atoms with Crippen LogP contribution in [0.15, 0.2) is 30.3 Å². The summed E-state index contributed by atoms with van der Waals surface area (Å²) in [6.07, 6.45) is 0.284. The molecule has 2 N–H and O–H groups in total. The molecule has 0 aliphatic heterocycles. The zero-order valence-electron chi connectivity index (χ0n) is 8.71. The third-order valence-corrected chi connectivity index (χ3v) is 3.24. The lowest BCUT2D eigenvalue weighted by atomic mass is 10.0. The average Bonchev–Trinajstić information content (AvgIpc) is 2.28.